The minimum Gasteiger partial charge on any atom is -0.382 e. The summed E-state index contributed by atoms with van der Waals surface area (Å²) in [5, 5.41) is -0.414. The van der Waals surface area contributed by atoms with Crippen LogP contribution in [-0.2, 0) is 27.9 Å². The molecule has 17 heteroatoms. The van der Waals surface area contributed by atoms with Crippen molar-refractivity contribution in [1.82, 2.24) is 19.5 Å². The molecule has 0 aliphatic carbocycles. The van der Waals surface area contributed by atoms with E-state index in [9.17, 15) is 14.2 Å². The molecule has 2 aromatic heterocycles. The average Bonchev–Trinajstić information content (AvgIpc) is 3.47. The fraction of sp³-hybridized carbons (Fsp3) is 0.720. The number of halogens is 3. The largest absolute Gasteiger partial charge is 0.399 e. The number of alkyl halides is 3. The Kier molecular flexibility index (Phi) is 10.9. The molecule has 0 aromatic carbocycles. The van der Waals surface area contributed by atoms with Crippen LogP contribution < -0.4 is 5.73 Å². The molecule has 3 rings (SSSR count). The maximum Gasteiger partial charge on any atom is 0.399 e. The third kappa shape index (κ3) is 8.47. The molecule has 0 radical (unpaired) electrons. The van der Waals surface area contributed by atoms with Gasteiger partial charge in [0, 0.05) is 28.8 Å². The first kappa shape index (κ1) is 34.8. The van der Waals surface area contributed by atoms with Crippen molar-refractivity contribution in [1.29, 1.82) is 0 Å². The molecule has 1 aliphatic rings. The van der Waals surface area contributed by atoms with Crippen molar-refractivity contribution in [2.45, 2.75) is 71.9 Å². The highest BCUT2D eigenvalue weighted by atomic mass is 32.2. The van der Waals surface area contributed by atoms with Crippen LogP contribution in [0.5, 0.6) is 0 Å². The Morgan fingerprint density at radius 2 is 1.62 bits per heavy atom. The second-order valence-corrected chi connectivity index (χ2v) is 16.3. The molecular weight excluding hydrogens is 618 g/mol. The predicted molar refractivity (Wildman–Crippen MR) is 156 cm³/mol. The van der Waals surface area contributed by atoms with E-state index in [4.69, 9.17) is 19.5 Å². The van der Waals surface area contributed by atoms with Gasteiger partial charge in [-0.3, -0.25) is 18.7 Å². The van der Waals surface area contributed by atoms with Gasteiger partial charge in [0.15, 0.2) is 21.7 Å². The van der Waals surface area contributed by atoms with Gasteiger partial charge in [-0.25, -0.2) is 19.3 Å². The van der Waals surface area contributed by atoms with E-state index < -0.39 is 68.6 Å². The number of hydrogen-bond acceptors (Lipinski definition) is 12. The molecule has 42 heavy (non-hydrogen) atoms. The van der Waals surface area contributed by atoms with Crippen molar-refractivity contribution in [2.75, 3.05) is 37.1 Å². The zero-order chi connectivity index (χ0) is 31.6. The van der Waals surface area contributed by atoms with Gasteiger partial charge in [0.1, 0.15) is 23.7 Å². The minimum absolute atomic E-state index is 0.0680. The van der Waals surface area contributed by atoms with Crippen LogP contribution >= 0.6 is 31.1 Å². The number of hydrogen-bond donors (Lipinski definition) is 1. The summed E-state index contributed by atoms with van der Waals surface area (Å²) >= 11 is 1.69. The fourth-order valence-corrected chi connectivity index (χ4v) is 7.19. The van der Waals surface area contributed by atoms with E-state index in [2.05, 4.69) is 15.0 Å². The van der Waals surface area contributed by atoms with Crippen molar-refractivity contribution in [3.63, 3.8) is 0 Å². The van der Waals surface area contributed by atoms with Crippen molar-refractivity contribution < 1.29 is 41.1 Å². The normalized spacial score (nSPS) is 20.4. The number of nitrogen functional groups attached to an aromatic ring is 1. The first-order chi connectivity index (χ1) is 19.3. The summed E-state index contributed by atoms with van der Waals surface area (Å²) < 4.78 is 77.9. The average molecular weight is 656 g/mol. The van der Waals surface area contributed by atoms with Crippen LogP contribution in [0.15, 0.2) is 12.7 Å². The van der Waals surface area contributed by atoms with E-state index in [1.807, 2.05) is 0 Å². The Morgan fingerprint density at radius 3 is 2.14 bits per heavy atom. The Labute approximate surface area is 251 Å². The lowest BCUT2D eigenvalue weighted by Crippen LogP contribution is -2.34. The molecule has 0 saturated carbocycles. The van der Waals surface area contributed by atoms with Gasteiger partial charge in [0.05, 0.1) is 32.6 Å². The summed E-state index contributed by atoms with van der Waals surface area (Å²) in [6, 6.07) is 0. The lowest BCUT2D eigenvalue weighted by Gasteiger charge is -2.30. The molecule has 3 heterocycles. The molecule has 2 N–H and O–H groups in total. The molecule has 0 amide bonds. The highest BCUT2D eigenvalue weighted by Crippen LogP contribution is 2.65. The number of nitrogens with two attached hydrogens (primary N) is 1. The number of carbonyl (C=O) groups is 2. The molecule has 2 aromatic rings. The fourth-order valence-electron chi connectivity index (χ4n) is 3.78. The van der Waals surface area contributed by atoms with E-state index >= 15 is 13.2 Å². The van der Waals surface area contributed by atoms with Crippen molar-refractivity contribution in [3.8, 4) is 0 Å². The monoisotopic (exact) mass is 655 g/mol. The quantitative estimate of drug-likeness (QED) is 0.216. The van der Waals surface area contributed by atoms with E-state index in [-0.39, 0.29) is 38.7 Å². The summed E-state index contributed by atoms with van der Waals surface area (Å²) in [6.07, 6.45) is -0.587. The van der Waals surface area contributed by atoms with Crippen LogP contribution in [0.1, 0.15) is 60.6 Å². The molecular formula is C25H37F3N5O6PS2. The molecule has 236 valence electrons. The topological polar surface area (TPSA) is 149 Å². The molecule has 0 unspecified atom stereocenters. The predicted octanol–water partition coefficient (Wildman–Crippen LogP) is 5.86. The van der Waals surface area contributed by atoms with Crippen molar-refractivity contribution >= 4 is 58.3 Å². The van der Waals surface area contributed by atoms with Gasteiger partial charge in [-0.05, 0) is 0 Å². The standard InChI is InChI=1S/C25H37F3N5O6PS2/c1-22(2,3)20(34)41-9-7-38-40(36,39-8-10-42-21(35)23(4,5)6)25(27,28)12-24(26)11-16(37-13-24)33-15-32-17-18(29)30-14-31-19(17)33/h14-16H,7-13H2,1-6H3,(H2,29,30,31)/t16-,24-/m1/s1. The van der Waals surface area contributed by atoms with Gasteiger partial charge in [-0.15, -0.1) is 0 Å². The summed E-state index contributed by atoms with van der Waals surface area (Å²) in [5.41, 5.74) is -1.95. The number of anilines is 1. The lowest BCUT2D eigenvalue weighted by molar-refractivity contribution is -0.118. The van der Waals surface area contributed by atoms with E-state index in [0.29, 0.717) is 0 Å². The smallest absolute Gasteiger partial charge is 0.382 e. The van der Waals surface area contributed by atoms with Crippen molar-refractivity contribution in [3.05, 3.63) is 12.7 Å². The van der Waals surface area contributed by atoms with E-state index in [1.165, 1.54) is 17.2 Å². The van der Waals surface area contributed by atoms with Crippen molar-refractivity contribution in [2.24, 2.45) is 10.8 Å². The first-order valence-corrected chi connectivity index (χ1v) is 16.6. The summed E-state index contributed by atoms with van der Waals surface area (Å²) in [5.74, 6) is -0.0437. The van der Waals surface area contributed by atoms with Gasteiger partial charge >= 0.3 is 13.3 Å². The van der Waals surface area contributed by atoms with Gasteiger partial charge in [0.2, 0.25) is 0 Å². The zero-order valence-corrected chi connectivity index (χ0v) is 26.9. The van der Waals surface area contributed by atoms with Crippen LogP contribution in [0.3, 0.4) is 0 Å². The Balaban J connectivity index is 1.72. The SMILES string of the molecule is CC(C)(C)C(=O)SCCOP(=O)(OCCSC(=O)C(C)(C)C)C(F)(F)C[C@@]1(F)CO[C@@H](n2cnc3c(N)ncnc32)C1. The minimum atomic E-state index is -5.28. The van der Waals surface area contributed by atoms with Gasteiger partial charge in [-0.2, -0.15) is 8.78 Å². The summed E-state index contributed by atoms with van der Waals surface area (Å²) in [4.78, 5) is 36.4. The van der Waals surface area contributed by atoms with Crippen LogP contribution in [0.4, 0.5) is 19.0 Å². The van der Waals surface area contributed by atoms with Gasteiger partial charge in [-0.1, -0.05) is 65.1 Å². The lowest BCUT2D eigenvalue weighted by atomic mass is 9.99. The summed E-state index contributed by atoms with van der Waals surface area (Å²) in [7, 11) is -5.28. The number of carbonyl (C=O) groups excluding carboxylic acids is 2. The highest BCUT2D eigenvalue weighted by molar-refractivity contribution is 8.14. The number of thioether (sulfide) groups is 2. The first-order valence-electron chi connectivity index (χ1n) is 13.1. The Bertz CT molecular complexity index is 1300. The number of ether oxygens (including phenoxy) is 1. The molecule has 11 nitrogen and oxygen atoms in total. The third-order valence-corrected chi connectivity index (χ3v) is 10.6. The molecule has 0 bridgehead atoms. The number of fused-ring (bicyclic) bond motifs is 1. The van der Waals surface area contributed by atoms with Gasteiger partial charge in [0.25, 0.3) is 0 Å². The van der Waals surface area contributed by atoms with Crippen LogP contribution in [0.25, 0.3) is 11.2 Å². The Morgan fingerprint density at radius 1 is 1.07 bits per heavy atom. The zero-order valence-electron chi connectivity index (χ0n) is 24.4. The number of imidazole rings is 1. The number of rotatable bonds is 12. The highest BCUT2D eigenvalue weighted by Gasteiger charge is 2.60. The van der Waals surface area contributed by atoms with E-state index in [1.54, 1.807) is 41.5 Å². The number of nitrogens with zero attached hydrogens (tertiary/aromatic N) is 4. The van der Waals surface area contributed by atoms with Gasteiger partial charge < -0.3 is 19.5 Å². The maximum atomic E-state index is 15.9. The second kappa shape index (κ2) is 13.1. The maximum absolute atomic E-state index is 15.9. The Hall–Kier alpha value is -1.71. The van der Waals surface area contributed by atoms with E-state index in [0.717, 1.165) is 23.5 Å². The molecule has 1 aliphatic heterocycles. The van der Waals surface area contributed by atoms with Crippen LogP contribution in [-0.4, -0.2) is 72.4 Å². The molecule has 1 saturated heterocycles. The summed E-state index contributed by atoms with van der Waals surface area (Å²) in [6.45, 7) is 8.48. The molecule has 1 fully saturated rings. The number of aromatic nitrogens is 4. The van der Waals surface area contributed by atoms with Crippen LogP contribution in [0.2, 0.25) is 0 Å². The van der Waals surface area contributed by atoms with Crippen LogP contribution in [0, 0.1) is 10.8 Å². The molecule has 2 atom stereocenters. The molecule has 0 spiro atoms. The second-order valence-electron chi connectivity index (χ2n) is 12.0. The third-order valence-electron chi connectivity index (χ3n) is 6.08.